The zero-order chi connectivity index (χ0) is 15.5. The topological polar surface area (TPSA) is 58.4 Å². The van der Waals surface area contributed by atoms with E-state index in [1.165, 1.54) is 0 Å². The van der Waals surface area contributed by atoms with Crippen LogP contribution < -0.4 is 16.0 Å². The van der Waals surface area contributed by atoms with Crippen LogP contribution >= 0.6 is 11.6 Å². The molecule has 5 heteroatoms. The Bertz CT molecular complexity index is 696. The summed E-state index contributed by atoms with van der Waals surface area (Å²) in [6, 6.07) is 13.2. The Kier molecular flexibility index (Phi) is 4.20. The maximum absolute atomic E-state index is 11.7. The summed E-state index contributed by atoms with van der Waals surface area (Å²) in [6.07, 6.45) is 2.29. The van der Waals surface area contributed by atoms with Crippen molar-refractivity contribution in [2.75, 3.05) is 23.3 Å². The number of hydrogen-bond donors (Lipinski definition) is 2. The van der Waals surface area contributed by atoms with Crippen molar-refractivity contribution in [3.05, 3.63) is 53.1 Å². The Morgan fingerprint density at radius 3 is 2.50 bits per heavy atom. The highest BCUT2D eigenvalue weighted by molar-refractivity contribution is 6.30. The molecule has 1 amide bonds. The Labute approximate surface area is 134 Å². The molecular weight excluding hydrogens is 298 g/mol. The molecule has 0 spiro atoms. The van der Waals surface area contributed by atoms with Crippen LogP contribution in [0, 0.1) is 0 Å². The highest BCUT2D eigenvalue weighted by Gasteiger charge is 2.18. The molecule has 4 nitrogen and oxygen atoms in total. The van der Waals surface area contributed by atoms with Crippen molar-refractivity contribution in [1.29, 1.82) is 0 Å². The minimum atomic E-state index is -0.392. The quantitative estimate of drug-likeness (QED) is 0.902. The number of halogens is 1. The van der Waals surface area contributed by atoms with Gasteiger partial charge < -0.3 is 16.0 Å². The van der Waals surface area contributed by atoms with E-state index >= 15 is 0 Å². The fourth-order valence-electron chi connectivity index (χ4n) is 2.77. The molecule has 1 aliphatic rings. The van der Waals surface area contributed by atoms with Gasteiger partial charge in [-0.2, -0.15) is 0 Å². The molecule has 3 N–H and O–H groups in total. The number of hydrogen-bond acceptors (Lipinski definition) is 3. The van der Waals surface area contributed by atoms with Gasteiger partial charge in [0.1, 0.15) is 0 Å². The van der Waals surface area contributed by atoms with Crippen LogP contribution in [0.15, 0.2) is 42.5 Å². The zero-order valence-electron chi connectivity index (χ0n) is 12.2. The van der Waals surface area contributed by atoms with Crippen molar-refractivity contribution >= 4 is 34.6 Å². The maximum Gasteiger partial charge on any atom is 0.250 e. The summed E-state index contributed by atoms with van der Waals surface area (Å²) in [6.45, 7) is 1.92. The predicted octanol–water partition coefficient (Wildman–Crippen LogP) is 3.78. The lowest BCUT2D eigenvalue weighted by Crippen LogP contribution is -2.23. The third-order valence-corrected chi connectivity index (χ3v) is 4.06. The fourth-order valence-corrected chi connectivity index (χ4v) is 2.96. The number of nitrogens with zero attached hydrogens (tertiary/aromatic N) is 1. The summed E-state index contributed by atoms with van der Waals surface area (Å²) in [4.78, 5) is 13.9. The van der Waals surface area contributed by atoms with Crippen LogP contribution in [0.1, 0.15) is 23.2 Å². The molecule has 0 unspecified atom stereocenters. The second kappa shape index (κ2) is 6.28. The number of anilines is 3. The van der Waals surface area contributed by atoms with Gasteiger partial charge in [-0.15, -0.1) is 0 Å². The molecule has 0 aliphatic carbocycles. The molecular formula is C17H18ClN3O. The number of carbonyl (C=O) groups is 1. The summed E-state index contributed by atoms with van der Waals surface area (Å²) in [5.74, 6) is -0.392. The van der Waals surface area contributed by atoms with E-state index in [4.69, 9.17) is 17.3 Å². The molecule has 0 atom stereocenters. The van der Waals surface area contributed by atoms with Gasteiger partial charge in [0.2, 0.25) is 0 Å². The van der Waals surface area contributed by atoms with Gasteiger partial charge in [-0.05, 0) is 49.2 Å². The lowest BCUT2D eigenvalue weighted by atomic mass is 10.1. The average molecular weight is 316 g/mol. The summed E-state index contributed by atoms with van der Waals surface area (Å²) in [5.41, 5.74) is 8.79. The molecule has 0 saturated carbocycles. The minimum absolute atomic E-state index is 0.392. The van der Waals surface area contributed by atoms with Gasteiger partial charge in [0.15, 0.2) is 0 Å². The molecule has 3 rings (SSSR count). The molecule has 2 aromatic rings. The van der Waals surface area contributed by atoms with Gasteiger partial charge in [0.25, 0.3) is 5.91 Å². The summed E-state index contributed by atoms with van der Waals surface area (Å²) >= 11 is 6.00. The number of benzene rings is 2. The van der Waals surface area contributed by atoms with Crippen LogP contribution in [0.4, 0.5) is 17.1 Å². The monoisotopic (exact) mass is 315 g/mol. The average Bonchev–Trinajstić information content (AvgIpc) is 3.01. The number of carbonyl (C=O) groups excluding carboxylic acids is 1. The van der Waals surface area contributed by atoms with E-state index < -0.39 is 5.91 Å². The van der Waals surface area contributed by atoms with E-state index in [9.17, 15) is 4.79 Å². The van der Waals surface area contributed by atoms with Crippen molar-refractivity contribution in [3.63, 3.8) is 0 Å². The van der Waals surface area contributed by atoms with Gasteiger partial charge >= 0.3 is 0 Å². The normalized spacial score (nSPS) is 14.1. The molecule has 114 valence electrons. The molecule has 0 bridgehead atoms. The Morgan fingerprint density at radius 1 is 1.09 bits per heavy atom. The second-order valence-electron chi connectivity index (χ2n) is 5.43. The van der Waals surface area contributed by atoms with E-state index in [1.807, 2.05) is 36.4 Å². The smallest absolute Gasteiger partial charge is 0.250 e. The van der Waals surface area contributed by atoms with Crippen LogP contribution in [-0.2, 0) is 0 Å². The van der Waals surface area contributed by atoms with Crippen molar-refractivity contribution in [1.82, 2.24) is 0 Å². The van der Waals surface area contributed by atoms with E-state index in [-0.39, 0.29) is 0 Å². The number of nitrogens with two attached hydrogens (primary N) is 1. The standard InChI is InChI=1S/C17H18ClN3O/c18-12-4-3-5-13(10-12)20-14-6-7-15(17(19)22)16(11-14)21-8-1-2-9-21/h3-7,10-11,20H,1-2,8-9H2,(H2,19,22). The number of nitrogens with one attached hydrogen (secondary N) is 1. The largest absolute Gasteiger partial charge is 0.371 e. The highest BCUT2D eigenvalue weighted by Crippen LogP contribution is 2.29. The lowest BCUT2D eigenvalue weighted by Gasteiger charge is -2.21. The third kappa shape index (κ3) is 3.17. The number of primary amides is 1. The highest BCUT2D eigenvalue weighted by atomic mass is 35.5. The van der Waals surface area contributed by atoms with Crippen LogP contribution in [0.2, 0.25) is 5.02 Å². The predicted molar refractivity (Wildman–Crippen MR) is 91.1 cm³/mol. The molecule has 1 aliphatic heterocycles. The van der Waals surface area contributed by atoms with E-state index in [2.05, 4.69) is 10.2 Å². The Balaban J connectivity index is 1.92. The minimum Gasteiger partial charge on any atom is -0.371 e. The first-order chi connectivity index (χ1) is 10.6. The molecule has 22 heavy (non-hydrogen) atoms. The van der Waals surface area contributed by atoms with Gasteiger partial charge in [-0.3, -0.25) is 4.79 Å². The molecule has 1 fully saturated rings. The first-order valence-corrected chi connectivity index (χ1v) is 7.73. The molecule has 2 aromatic carbocycles. The van der Waals surface area contributed by atoms with Gasteiger partial charge in [0, 0.05) is 29.5 Å². The first-order valence-electron chi connectivity index (χ1n) is 7.35. The van der Waals surface area contributed by atoms with Crippen molar-refractivity contribution < 1.29 is 4.79 Å². The third-order valence-electron chi connectivity index (χ3n) is 3.82. The van der Waals surface area contributed by atoms with Crippen molar-refractivity contribution in [2.45, 2.75) is 12.8 Å². The first kappa shape index (κ1) is 14.7. The zero-order valence-corrected chi connectivity index (χ0v) is 12.9. The number of amides is 1. The van der Waals surface area contributed by atoms with Crippen LogP contribution in [0.3, 0.4) is 0 Å². The van der Waals surface area contributed by atoms with Gasteiger partial charge in [-0.25, -0.2) is 0 Å². The van der Waals surface area contributed by atoms with E-state index in [0.717, 1.165) is 43.0 Å². The lowest BCUT2D eigenvalue weighted by molar-refractivity contribution is 0.100. The summed E-state index contributed by atoms with van der Waals surface area (Å²) in [5, 5.41) is 3.99. The SMILES string of the molecule is NC(=O)c1ccc(Nc2cccc(Cl)c2)cc1N1CCCC1. The van der Waals surface area contributed by atoms with E-state index in [0.29, 0.717) is 10.6 Å². The number of rotatable bonds is 4. The second-order valence-corrected chi connectivity index (χ2v) is 5.86. The molecule has 0 radical (unpaired) electrons. The van der Waals surface area contributed by atoms with Crippen LogP contribution in [0.25, 0.3) is 0 Å². The van der Waals surface area contributed by atoms with Gasteiger partial charge in [0.05, 0.1) is 11.3 Å². The summed E-state index contributed by atoms with van der Waals surface area (Å²) < 4.78 is 0. The van der Waals surface area contributed by atoms with Crippen molar-refractivity contribution in [3.8, 4) is 0 Å². The van der Waals surface area contributed by atoms with Crippen molar-refractivity contribution in [2.24, 2.45) is 5.73 Å². The Morgan fingerprint density at radius 2 is 1.82 bits per heavy atom. The maximum atomic E-state index is 11.7. The molecule has 0 aromatic heterocycles. The van der Waals surface area contributed by atoms with Crippen LogP contribution in [-0.4, -0.2) is 19.0 Å². The van der Waals surface area contributed by atoms with Gasteiger partial charge in [-0.1, -0.05) is 17.7 Å². The summed E-state index contributed by atoms with van der Waals surface area (Å²) in [7, 11) is 0. The molecule has 1 heterocycles. The Hall–Kier alpha value is -2.20. The van der Waals surface area contributed by atoms with Crippen LogP contribution in [0.5, 0.6) is 0 Å². The fraction of sp³-hybridized carbons (Fsp3) is 0.235. The van der Waals surface area contributed by atoms with E-state index in [1.54, 1.807) is 6.07 Å². The molecule has 1 saturated heterocycles.